The van der Waals surface area contributed by atoms with Crippen molar-refractivity contribution in [2.45, 2.75) is 51.3 Å². The maximum Gasteiger partial charge on any atom is 0.330 e. The number of hydrogen-bond donors (Lipinski definition) is 2. The fourth-order valence-electron chi connectivity index (χ4n) is 3.30. The number of aromatic amines is 1. The molecule has 11 heteroatoms. The van der Waals surface area contributed by atoms with E-state index in [1.807, 2.05) is 44.2 Å². The van der Waals surface area contributed by atoms with Crippen molar-refractivity contribution in [3.05, 3.63) is 62.6 Å². The summed E-state index contributed by atoms with van der Waals surface area (Å²) in [5.74, 6) is 0.0760. The Morgan fingerprint density at radius 2 is 1.94 bits per heavy atom. The Labute approximate surface area is 195 Å². The van der Waals surface area contributed by atoms with Gasteiger partial charge < -0.3 is 15.1 Å². The highest BCUT2D eigenvalue weighted by Crippen LogP contribution is 2.22. The number of nitrogens with two attached hydrogens (primary N) is 1. The number of carbonyl (C=O) groups excluding carboxylic acids is 1. The Kier molecular flexibility index (Phi) is 8.47. The average molecular weight is 473 g/mol. The number of hydrogen-bond acceptors (Lipinski definition) is 8. The van der Waals surface area contributed by atoms with Gasteiger partial charge in [-0.15, -0.1) is 10.2 Å². The molecule has 1 aromatic carbocycles. The highest BCUT2D eigenvalue weighted by Gasteiger charge is 2.24. The molecule has 3 rings (SSSR count). The molecule has 176 valence electrons. The molecule has 33 heavy (non-hydrogen) atoms. The third kappa shape index (κ3) is 6.13. The molecule has 0 unspecified atom stereocenters. The number of amides is 1. The quantitative estimate of drug-likeness (QED) is 0.406. The Hall–Kier alpha value is -3.34. The Morgan fingerprint density at radius 1 is 1.18 bits per heavy atom. The lowest BCUT2D eigenvalue weighted by Crippen LogP contribution is -2.42. The molecule has 0 aliphatic carbocycles. The third-order valence-corrected chi connectivity index (χ3v) is 5.74. The van der Waals surface area contributed by atoms with Gasteiger partial charge in [-0.25, -0.2) is 4.79 Å². The number of H-pyrrole nitrogens is 1. The molecule has 0 saturated carbocycles. The van der Waals surface area contributed by atoms with Gasteiger partial charge in [-0.2, -0.15) is 0 Å². The number of nitrogens with zero attached hydrogens (tertiary/aromatic N) is 4. The molecule has 0 aliphatic heterocycles. The molecule has 2 heterocycles. The van der Waals surface area contributed by atoms with Gasteiger partial charge >= 0.3 is 5.69 Å². The SMILES string of the molecule is CCCCN(C(=O)CSc1nnc(Cc2ccccc2)o1)c1c(N)n(CCC)c(=O)[nH]c1=O. The molecule has 0 radical (unpaired) electrons. The lowest BCUT2D eigenvalue weighted by molar-refractivity contribution is -0.116. The summed E-state index contributed by atoms with van der Waals surface area (Å²) >= 11 is 1.09. The monoisotopic (exact) mass is 472 g/mol. The first kappa shape index (κ1) is 24.3. The molecule has 3 N–H and O–H groups in total. The van der Waals surface area contributed by atoms with Crippen molar-refractivity contribution in [1.29, 1.82) is 0 Å². The number of thioether (sulfide) groups is 1. The number of carbonyl (C=O) groups is 1. The van der Waals surface area contributed by atoms with E-state index in [9.17, 15) is 14.4 Å². The predicted octanol–water partition coefficient (Wildman–Crippen LogP) is 2.43. The number of unbranched alkanes of at least 4 members (excludes halogenated alkanes) is 1. The van der Waals surface area contributed by atoms with Gasteiger partial charge in [-0.1, -0.05) is 62.4 Å². The summed E-state index contributed by atoms with van der Waals surface area (Å²) in [5, 5.41) is 8.30. The van der Waals surface area contributed by atoms with Crippen LogP contribution in [0, 0.1) is 0 Å². The van der Waals surface area contributed by atoms with Crippen LogP contribution in [0.4, 0.5) is 11.5 Å². The molecule has 0 aliphatic rings. The molecule has 0 saturated heterocycles. The van der Waals surface area contributed by atoms with Gasteiger partial charge in [-0.3, -0.25) is 19.1 Å². The normalized spacial score (nSPS) is 11.0. The molecule has 0 fully saturated rings. The van der Waals surface area contributed by atoms with Crippen molar-refractivity contribution in [3.63, 3.8) is 0 Å². The van der Waals surface area contributed by atoms with Crippen LogP contribution in [0.15, 0.2) is 49.6 Å². The van der Waals surface area contributed by atoms with E-state index in [-0.39, 0.29) is 28.4 Å². The van der Waals surface area contributed by atoms with E-state index in [1.54, 1.807) is 0 Å². The second-order valence-electron chi connectivity index (χ2n) is 7.46. The van der Waals surface area contributed by atoms with E-state index < -0.39 is 11.2 Å². The van der Waals surface area contributed by atoms with Gasteiger partial charge in [0.15, 0.2) is 5.69 Å². The lowest BCUT2D eigenvalue weighted by Gasteiger charge is -2.24. The summed E-state index contributed by atoms with van der Waals surface area (Å²) in [6.45, 7) is 4.52. The van der Waals surface area contributed by atoms with Crippen molar-refractivity contribution in [2.24, 2.45) is 0 Å². The Morgan fingerprint density at radius 3 is 2.64 bits per heavy atom. The van der Waals surface area contributed by atoms with E-state index in [1.165, 1.54) is 9.47 Å². The van der Waals surface area contributed by atoms with Crippen molar-refractivity contribution in [1.82, 2.24) is 19.7 Å². The van der Waals surface area contributed by atoms with Crippen LogP contribution in [0.25, 0.3) is 0 Å². The first-order valence-electron chi connectivity index (χ1n) is 10.9. The van der Waals surface area contributed by atoms with Crippen LogP contribution in [0.3, 0.4) is 0 Å². The number of nitrogen functional groups attached to an aromatic ring is 1. The topological polar surface area (TPSA) is 140 Å². The zero-order chi connectivity index (χ0) is 23.8. The zero-order valence-electron chi connectivity index (χ0n) is 18.7. The van der Waals surface area contributed by atoms with E-state index in [4.69, 9.17) is 10.2 Å². The maximum atomic E-state index is 13.1. The van der Waals surface area contributed by atoms with Gasteiger partial charge in [0.05, 0.1) is 12.2 Å². The molecule has 0 bridgehead atoms. The molecule has 10 nitrogen and oxygen atoms in total. The fourth-order valence-corrected chi connectivity index (χ4v) is 3.96. The highest BCUT2D eigenvalue weighted by molar-refractivity contribution is 7.99. The minimum absolute atomic E-state index is 0.00241. The van der Waals surface area contributed by atoms with Crippen LogP contribution in [0.1, 0.15) is 44.6 Å². The summed E-state index contributed by atoms with van der Waals surface area (Å²) in [6.07, 6.45) is 2.63. The maximum absolute atomic E-state index is 13.1. The van der Waals surface area contributed by atoms with Gasteiger partial charge in [-0.05, 0) is 18.4 Å². The molecule has 0 spiro atoms. The van der Waals surface area contributed by atoms with Crippen molar-refractivity contribution >= 4 is 29.2 Å². The fraction of sp³-hybridized carbons (Fsp3) is 0.409. The van der Waals surface area contributed by atoms with Gasteiger partial charge in [0, 0.05) is 13.1 Å². The minimum Gasteiger partial charge on any atom is -0.416 e. The largest absolute Gasteiger partial charge is 0.416 e. The summed E-state index contributed by atoms with van der Waals surface area (Å²) in [7, 11) is 0. The molecular weight excluding hydrogens is 444 g/mol. The summed E-state index contributed by atoms with van der Waals surface area (Å²) in [4.78, 5) is 41.5. The molecule has 3 aromatic rings. The molecule has 0 atom stereocenters. The van der Waals surface area contributed by atoms with Crippen LogP contribution >= 0.6 is 11.8 Å². The summed E-state index contributed by atoms with van der Waals surface area (Å²) in [6, 6.07) is 9.72. The second-order valence-corrected chi connectivity index (χ2v) is 8.38. The first-order valence-corrected chi connectivity index (χ1v) is 11.8. The lowest BCUT2D eigenvalue weighted by atomic mass is 10.2. The highest BCUT2D eigenvalue weighted by atomic mass is 32.2. The van der Waals surface area contributed by atoms with E-state index in [0.717, 1.165) is 23.7 Å². The van der Waals surface area contributed by atoms with Gasteiger partial charge in [0.25, 0.3) is 10.8 Å². The molecule has 1 amide bonds. The molecular formula is C22H28N6O4S. The Bertz CT molecular complexity index is 1190. The number of benzene rings is 1. The smallest absolute Gasteiger partial charge is 0.330 e. The average Bonchev–Trinajstić information content (AvgIpc) is 3.25. The number of rotatable bonds is 11. The third-order valence-electron chi connectivity index (χ3n) is 4.93. The standard InChI is InChI=1S/C22H28N6O4S/c1-3-5-12-27(18-19(23)28(11-4-2)21(31)24-20(18)30)17(29)14-33-22-26-25-16(32-22)13-15-9-7-6-8-10-15/h6-10H,3-5,11-14,23H2,1-2H3,(H,24,30,31). The first-order chi connectivity index (χ1) is 15.9. The van der Waals surface area contributed by atoms with Gasteiger partial charge in [0.1, 0.15) is 5.82 Å². The van der Waals surface area contributed by atoms with Crippen molar-refractivity contribution < 1.29 is 9.21 Å². The minimum atomic E-state index is -0.678. The second kappa shape index (κ2) is 11.5. The molecule has 2 aromatic heterocycles. The summed E-state index contributed by atoms with van der Waals surface area (Å²) < 4.78 is 6.93. The number of anilines is 2. The van der Waals surface area contributed by atoms with Crippen LogP contribution < -0.4 is 21.9 Å². The van der Waals surface area contributed by atoms with Crippen molar-refractivity contribution in [2.75, 3.05) is 22.9 Å². The van der Waals surface area contributed by atoms with E-state index >= 15 is 0 Å². The van der Waals surface area contributed by atoms with Crippen LogP contribution in [-0.2, 0) is 17.8 Å². The van der Waals surface area contributed by atoms with Gasteiger partial charge in [0.2, 0.25) is 11.8 Å². The Balaban J connectivity index is 1.76. The predicted molar refractivity (Wildman–Crippen MR) is 128 cm³/mol. The van der Waals surface area contributed by atoms with Crippen LogP contribution in [-0.4, -0.2) is 38.0 Å². The van der Waals surface area contributed by atoms with E-state index in [0.29, 0.717) is 38.2 Å². The van der Waals surface area contributed by atoms with Crippen LogP contribution in [0.5, 0.6) is 0 Å². The zero-order valence-corrected chi connectivity index (χ0v) is 19.6. The van der Waals surface area contributed by atoms with Crippen molar-refractivity contribution in [3.8, 4) is 0 Å². The number of aromatic nitrogens is 4. The van der Waals surface area contributed by atoms with E-state index in [2.05, 4.69) is 15.2 Å². The number of nitrogens with one attached hydrogen (secondary N) is 1. The summed E-state index contributed by atoms with van der Waals surface area (Å²) in [5.41, 5.74) is 5.94. The van der Waals surface area contributed by atoms with Crippen LogP contribution in [0.2, 0.25) is 0 Å².